The second-order valence-corrected chi connectivity index (χ2v) is 7.26. The van der Waals surface area contributed by atoms with Crippen molar-refractivity contribution in [2.75, 3.05) is 13.1 Å². The minimum absolute atomic E-state index is 0.0205. The van der Waals surface area contributed by atoms with Crippen LogP contribution in [-0.2, 0) is 4.79 Å². The quantitative estimate of drug-likeness (QED) is 0.594. The number of thioether (sulfide) groups is 1. The van der Waals surface area contributed by atoms with Crippen molar-refractivity contribution in [3.8, 4) is 0 Å². The molecule has 0 N–H and O–H groups in total. The van der Waals surface area contributed by atoms with E-state index >= 15 is 0 Å². The second-order valence-electron chi connectivity index (χ2n) is 5.95. The van der Waals surface area contributed by atoms with Gasteiger partial charge in [0.1, 0.15) is 0 Å². The lowest BCUT2D eigenvalue weighted by molar-refractivity contribution is -0.129. The second kappa shape index (κ2) is 7.83. The lowest BCUT2D eigenvalue weighted by Gasteiger charge is -2.23. The standard InChI is InChI=1S/C18H25N3O2S/c1-6-20(7-2)16(22)13(5)24-18-19-15-11-9-8-10-14(15)17(23)21(18)12(3)4/h8-13H,6-7H2,1-5H3. The number of benzene rings is 1. The first-order valence-electron chi connectivity index (χ1n) is 8.37. The third kappa shape index (κ3) is 3.64. The van der Waals surface area contributed by atoms with E-state index in [1.807, 2.05) is 52.8 Å². The number of nitrogens with zero attached hydrogens (tertiary/aromatic N) is 3. The summed E-state index contributed by atoms with van der Waals surface area (Å²) < 4.78 is 1.68. The summed E-state index contributed by atoms with van der Waals surface area (Å²) in [5.74, 6) is 0.0720. The molecule has 1 aromatic heterocycles. The van der Waals surface area contributed by atoms with Crippen molar-refractivity contribution in [3.63, 3.8) is 0 Å². The van der Waals surface area contributed by atoms with E-state index < -0.39 is 0 Å². The molecule has 130 valence electrons. The highest BCUT2D eigenvalue weighted by Crippen LogP contribution is 2.25. The van der Waals surface area contributed by atoms with Gasteiger partial charge in [-0.25, -0.2) is 4.98 Å². The Morgan fingerprint density at radius 3 is 2.42 bits per heavy atom. The summed E-state index contributed by atoms with van der Waals surface area (Å²) in [5.41, 5.74) is 0.616. The fourth-order valence-electron chi connectivity index (χ4n) is 2.66. The Hall–Kier alpha value is -1.82. The van der Waals surface area contributed by atoms with Gasteiger partial charge in [0.25, 0.3) is 5.56 Å². The molecule has 0 aliphatic rings. The van der Waals surface area contributed by atoms with Crippen LogP contribution in [0.4, 0.5) is 0 Å². The van der Waals surface area contributed by atoms with E-state index in [2.05, 4.69) is 4.98 Å². The maximum Gasteiger partial charge on any atom is 0.262 e. The molecule has 2 rings (SSSR count). The van der Waals surface area contributed by atoms with Crippen LogP contribution in [0, 0.1) is 0 Å². The predicted octanol–water partition coefficient (Wildman–Crippen LogP) is 3.33. The Morgan fingerprint density at radius 2 is 1.83 bits per heavy atom. The van der Waals surface area contributed by atoms with Gasteiger partial charge in [-0.2, -0.15) is 0 Å². The van der Waals surface area contributed by atoms with Crippen molar-refractivity contribution in [1.82, 2.24) is 14.5 Å². The lowest BCUT2D eigenvalue weighted by Crippen LogP contribution is -2.36. The number of carbonyl (C=O) groups is 1. The molecule has 6 heteroatoms. The Balaban J connectivity index is 2.46. The molecule has 0 spiro atoms. The molecule has 0 saturated heterocycles. The Bertz CT molecular complexity index is 781. The first kappa shape index (κ1) is 18.5. The molecular formula is C18H25N3O2S. The summed E-state index contributed by atoms with van der Waals surface area (Å²) in [6, 6.07) is 7.32. The minimum atomic E-state index is -0.289. The monoisotopic (exact) mass is 347 g/mol. The normalized spacial score (nSPS) is 12.6. The zero-order chi connectivity index (χ0) is 17.9. The van der Waals surface area contributed by atoms with Gasteiger partial charge in [-0.05, 0) is 46.8 Å². The highest BCUT2D eigenvalue weighted by Gasteiger charge is 2.23. The van der Waals surface area contributed by atoms with E-state index in [0.717, 1.165) is 0 Å². The Labute approximate surface area is 147 Å². The number of para-hydroxylation sites is 1. The van der Waals surface area contributed by atoms with Crippen molar-refractivity contribution >= 4 is 28.6 Å². The van der Waals surface area contributed by atoms with E-state index in [1.165, 1.54) is 11.8 Å². The SMILES string of the molecule is CCN(CC)C(=O)C(C)Sc1nc2ccccc2c(=O)n1C(C)C. The zero-order valence-electron chi connectivity index (χ0n) is 14.9. The van der Waals surface area contributed by atoms with Crippen molar-refractivity contribution in [1.29, 1.82) is 0 Å². The molecule has 1 unspecified atom stereocenters. The van der Waals surface area contributed by atoms with Gasteiger partial charge in [-0.3, -0.25) is 14.2 Å². The maximum absolute atomic E-state index is 12.8. The molecule has 2 aromatic rings. The van der Waals surface area contributed by atoms with Crippen LogP contribution < -0.4 is 5.56 Å². The molecule has 1 heterocycles. The maximum atomic E-state index is 12.8. The van der Waals surface area contributed by atoms with Crippen LogP contribution in [0.5, 0.6) is 0 Å². The van der Waals surface area contributed by atoms with Gasteiger partial charge < -0.3 is 4.90 Å². The summed E-state index contributed by atoms with van der Waals surface area (Å²) in [6.07, 6.45) is 0. The summed E-state index contributed by atoms with van der Waals surface area (Å²) in [6.45, 7) is 11.1. The first-order chi connectivity index (χ1) is 11.4. The molecule has 0 aliphatic carbocycles. The van der Waals surface area contributed by atoms with Gasteiger partial charge in [-0.15, -0.1) is 0 Å². The van der Waals surface area contributed by atoms with Crippen LogP contribution >= 0.6 is 11.8 Å². The number of aromatic nitrogens is 2. The van der Waals surface area contributed by atoms with Gasteiger partial charge in [0.15, 0.2) is 5.16 Å². The van der Waals surface area contributed by atoms with Crippen LogP contribution in [0.1, 0.15) is 40.7 Å². The van der Waals surface area contributed by atoms with Gasteiger partial charge in [0, 0.05) is 19.1 Å². The Kier molecular flexibility index (Phi) is 6.04. The van der Waals surface area contributed by atoms with Crippen molar-refractivity contribution in [3.05, 3.63) is 34.6 Å². The summed E-state index contributed by atoms with van der Waals surface area (Å²) in [4.78, 5) is 31.8. The number of rotatable bonds is 6. The third-order valence-corrected chi connectivity index (χ3v) is 5.05. The van der Waals surface area contributed by atoms with Gasteiger partial charge in [-0.1, -0.05) is 23.9 Å². The average Bonchev–Trinajstić information content (AvgIpc) is 2.55. The number of fused-ring (bicyclic) bond motifs is 1. The largest absolute Gasteiger partial charge is 0.342 e. The number of amides is 1. The molecule has 1 atom stereocenters. The van der Waals surface area contributed by atoms with Crippen LogP contribution in [0.25, 0.3) is 10.9 Å². The van der Waals surface area contributed by atoms with E-state index in [4.69, 9.17) is 0 Å². The van der Waals surface area contributed by atoms with Gasteiger partial charge >= 0.3 is 0 Å². The fraction of sp³-hybridized carbons (Fsp3) is 0.500. The molecule has 0 fully saturated rings. The zero-order valence-corrected chi connectivity index (χ0v) is 15.8. The number of hydrogen-bond acceptors (Lipinski definition) is 4. The van der Waals surface area contributed by atoms with Crippen LogP contribution in [0.15, 0.2) is 34.2 Å². The molecule has 0 saturated carbocycles. The van der Waals surface area contributed by atoms with E-state index in [1.54, 1.807) is 15.5 Å². The molecule has 24 heavy (non-hydrogen) atoms. The molecule has 0 radical (unpaired) electrons. The van der Waals surface area contributed by atoms with Crippen LogP contribution in [0.2, 0.25) is 0 Å². The summed E-state index contributed by atoms with van der Waals surface area (Å²) >= 11 is 1.36. The first-order valence-corrected chi connectivity index (χ1v) is 9.25. The molecule has 0 aliphatic heterocycles. The molecule has 5 nitrogen and oxygen atoms in total. The average molecular weight is 347 g/mol. The third-order valence-electron chi connectivity index (χ3n) is 4.00. The predicted molar refractivity (Wildman–Crippen MR) is 99.6 cm³/mol. The minimum Gasteiger partial charge on any atom is -0.342 e. The van der Waals surface area contributed by atoms with E-state index in [-0.39, 0.29) is 22.8 Å². The van der Waals surface area contributed by atoms with Crippen LogP contribution in [0.3, 0.4) is 0 Å². The van der Waals surface area contributed by atoms with Gasteiger partial charge in [0.05, 0.1) is 16.2 Å². The fourth-order valence-corrected chi connectivity index (χ4v) is 3.79. The summed E-state index contributed by atoms with van der Waals surface area (Å²) in [7, 11) is 0. The number of carbonyl (C=O) groups excluding carboxylic acids is 1. The van der Waals surface area contributed by atoms with Crippen molar-refractivity contribution in [2.24, 2.45) is 0 Å². The number of hydrogen-bond donors (Lipinski definition) is 0. The Morgan fingerprint density at radius 1 is 1.21 bits per heavy atom. The topological polar surface area (TPSA) is 55.2 Å². The molecule has 0 bridgehead atoms. The van der Waals surface area contributed by atoms with Crippen molar-refractivity contribution in [2.45, 2.75) is 51.1 Å². The smallest absolute Gasteiger partial charge is 0.262 e. The van der Waals surface area contributed by atoms with Crippen LogP contribution in [-0.4, -0.2) is 38.7 Å². The van der Waals surface area contributed by atoms with E-state index in [0.29, 0.717) is 29.1 Å². The van der Waals surface area contributed by atoms with Crippen molar-refractivity contribution < 1.29 is 4.79 Å². The highest BCUT2D eigenvalue weighted by molar-refractivity contribution is 8.00. The lowest BCUT2D eigenvalue weighted by atomic mass is 10.2. The molecule has 1 amide bonds. The highest BCUT2D eigenvalue weighted by atomic mass is 32.2. The molecular weight excluding hydrogens is 322 g/mol. The van der Waals surface area contributed by atoms with Gasteiger partial charge in [0.2, 0.25) is 5.91 Å². The molecule has 1 aromatic carbocycles. The van der Waals surface area contributed by atoms with E-state index in [9.17, 15) is 9.59 Å². The summed E-state index contributed by atoms with van der Waals surface area (Å²) in [5, 5.41) is 0.919.